The summed E-state index contributed by atoms with van der Waals surface area (Å²) in [4.78, 5) is 33.6. The minimum atomic E-state index is -0.649. The third-order valence-corrected chi connectivity index (χ3v) is 3.25. The zero-order valence-corrected chi connectivity index (χ0v) is 12.5. The van der Waals surface area contributed by atoms with Crippen molar-refractivity contribution in [2.75, 3.05) is 5.32 Å². The number of carbonyl (C=O) groups is 1. The number of hydrogen-bond acceptors (Lipinski definition) is 4. The molecule has 0 saturated carbocycles. The fourth-order valence-electron chi connectivity index (χ4n) is 1.69. The number of pyridine rings is 1. The van der Waals surface area contributed by atoms with E-state index in [2.05, 4.69) is 5.32 Å². The van der Waals surface area contributed by atoms with Gasteiger partial charge in [0.2, 0.25) is 5.91 Å². The number of rotatable bonds is 4. The molecule has 0 aliphatic carbocycles. The van der Waals surface area contributed by atoms with Crippen LogP contribution < -0.4 is 10.9 Å². The molecule has 0 aliphatic heterocycles. The van der Waals surface area contributed by atoms with Gasteiger partial charge in [0.15, 0.2) is 0 Å². The van der Waals surface area contributed by atoms with Gasteiger partial charge in [0, 0.05) is 17.2 Å². The van der Waals surface area contributed by atoms with Gasteiger partial charge in [-0.1, -0.05) is 23.2 Å². The largest absolute Gasteiger partial charge is 0.323 e. The van der Waals surface area contributed by atoms with Crippen molar-refractivity contribution in [3.05, 3.63) is 67.0 Å². The number of aromatic nitrogens is 1. The molecular formula is C13H9Cl2N3O4. The van der Waals surface area contributed by atoms with Crippen LogP contribution in [0.5, 0.6) is 0 Å². The van der Waals surface area contributed by atoms with Crippen LogP contribution in [0.2, 0.25) is 10.0 Å². The van der Waals surface area contributed by atoms with Crippen molar-refractivity contribution in [1.29, 1.82) is 0 Å². The summed E-state index contributed by atoms with van der Waals surface area (Å²) in [6.07, 6.45) is 1.01. The Bertz CT molecular complexity index is 804. The molecule has 1 aromatic heterocycles. The van der Waals surface area contributed by atoms with Crippen molar-refractivity contribution >= 4 is 40.5 Å². The highest BCUT2D eigenvalue weighted by Gasteiger charge is 2.12. The standard InChI is InChI=1S/C13H9Cl2N3O4/c14-8-1-3-11(10(15)5-8)16-12(19)7-17-6-9(18(21)22)2-4-13(17)20/h1-6H,7H2,(H,16,19). The van der Waals surface area contributed by atoms with E-state index < -0.39 is 16.4 Å². The van der Waals surface area contributed by atoms with Gasteiger partial charge in [-0.3, -0.25) is 24.3 Å². The van der Waals surface area contributed by atoms with E-state index in [1.165, 1.54) is 12.1 Å². The molecule has 0 saturated heterocycles. The van der Waals surface area contributed by atoms with Crippen LogP contribution in [-0.2, 0) is 11.3 Å². The summed E-state index contributed by atoms with van der Waals surface area (Å²) in [7, 11) is 0. The van der Waals surface area contributed by atoms with Crippen LogP contribution in [0, 0.1) is 10.1 Å². The molecule has 0 spiro atoms. The molecule has 1 N–H and O–H groups in total. The maximum absolute atomic E-state index is 11.9. The van der Waals surface area contributed by atoms with E-state index in [9.17, 15) is 19.7 Å². The molecule has 114 valence electrons. The number of amides is 1. The first-order valence-corrected chi connectivity index (χ1v) is 6.72. The van der Waals surface area contributed by atoms with Crippen LogP contribution >= 0.6 is 23.2 Å². The van der Waals surface area contributed by atoms with E-state index in [0.29, 0.717) is 10.7 Å². The third kappa shape index (κ3) is 3.84. The molecule has 2 rings (SSSR count). The first kappa shape index (κ1) is 16.0. The number of nitro groups is 1. The minimum Gasteiger partial charge on any atom is -0.323 e. The van der Waals surface area contributed by atoms with Crippen molar-refractivity contribution in [2.45, 2.75) is 6.54 Å². The fourth-order valence-corrected chi connectivity index (χ4v) is 2.14. The smallest absolute Gasteiger partial charge is 0.285 e. The summed E-state index contributed by atoms with van der Waals surface area (Å²) >= 11 is 11.7. The monoisotopic (exact) mass is 341 g/mol. The Morgan fingerprint density at radius 1 is 1.27 bits per heavy atom. The molecule has 0 atom stereocenters. The van der Waals surface area contributed by atoms with Crippen LogP contribution in [0.4, 0.5) is 11.4 Å². The zero-order chi connectivity index (χ0) is 16.3. The summed E-state index contributed by atoms with van der Waals surface area (Å²) in [5.41, 5.74) is -0.477. The molecule has 1 aromatic carbocycles. The van der Waals surface area contributed by atoms with E-state index in [0.717, 1.165) is 22.9 Å². The number of nitrogens with zero attached hydrogens (tertiary/aromatic N) is 2. The normalized spacial score (nSPS) is 10.3. The second-order valence-corrected chi connectivity index (χ2v) is 5.13. The van der Waals surface area contributed by atoms with Crippen molar-refractivity contribution < 1.29 is 9.72 Å². The maximum atomic E-state index is 11.9. The molecule has 1 heterocycles. The summed E-state index contributed by atoms with van der Waals surface area (Å²) in [5.74, 6) is -0.549. The van der Waals surface area contributed by atoms with E-state index in [1.807, 2.05) is 0 Å². The molecule has 0 radical (unpaired) electrons. The first-order chi connectivity index (χ1) is 10.4. The van der Waals surface area contributed by atoms with Crippen LogP contribution in [0.3, 0.4) is 0 Å². The highest BCUT2D eigenvalue weighted by Crippen LogP contribution is 2.25. The molecule has 9 heteroatoms. The Morgan fingerprint density at radius 2 is 2.00 bits per heavy atom. The number of hydrogen-bond donors (Lipinski definition) is 1. The first-order valence-electron chi connectivity index (χ1n) is 5.96. The van der Waals surface area contributed by atoms with Crippen LogP contribution in [-0.4, -0.2) is 15.4 Å². The highest BCUT2D eigenvalue weighted by atomic mass is 35.5. The van der Waals surface area contributed by atoms with E-state index in [-0.39, 0.29) is 17.3 Å². The predicted octanol–water partition coefficient (Wildman–Crippen LogP) is 2.70. The van der Waals surface area contributed by atoms with Gasteiger partial charge in [-0.05, 0) is 18.2 Å². The van der Waals surface area contributed by atoms with Gasteiger partial charge in [0.25, 0.3) is 11.2 Å². The Kier molecular flexibility index (Phi) is 4.79. The Morgan fingerprint density at radius 3 is 2.64 bits per heavy atom. The Balaban J connectivity index is 2.17. The molecule has 1 amide bonds. The zero-order valence-electron chi connectivity index (χ0n) is 11.0. The number of benzene rings is 1. The van der Waals surface area contributed by atoms with Gasteiger partial charge in [-0.25, -0.2) is 0 Å². The number of anilines is 1. The summed E-state index contributed by atoms with van der Waals surface area (Å²) in [6.45, 7) is -0.376. The van der Waals surface area contributed by atoms with Gasteiger partial charge >= 0.3 is 0 Å². The van der Waals surface area contributed by atoms with Crippen molar-refractivity contribution in [3.63, 3.8) is 0 Å². The van der Waals surface area contributed by atoms with Crippen LogP contribution in [0.1, 0.15) is 0 Å². The van der Waals surface area contributed by atoms with Gasteiger partial charge in [-0.2, -0.15) is 0 Å². The summed E-state index contributed by atoms with van der Waals surface area (Å²) in [6, 6.07) is 6.62. The molecule has 22 heavy (non-hydrogen) atoms. The molecular weight excluding hydrogens is 333 g/mol. The SMILES string of the molecule is O=C(Cn1cc([N+](=O)[O-])ccc1=O)Nc1ccc(Cl)cc1Cl. The summed E-state index contributed by atoms with van der Waals surface area (Å²) < 4.78 is 0.942. The maximum Gasteiger partial charge on any atom is 0.285 e. The van der Waals surface area contributed by atoms with Crippen LogP contribution in [0.15, 0.2) is 41.3 Å². The highest BCUT2D eigenvalue weighted by molar-refractivity contribution is 6.36. The quantitative estimate of drug-likeness (QED) is 0.683. The van der Waals surface area contributed by atoms with Crippen molar-refractivity contribution in [1.82, 2.24) is 4.57 Å². The average Bonchev–Trinajstić information content (AvgIpc) is 2.44. The minimum absolute atomic E-state index is 0.243. The Labute approximate surface area is 134 Å². The second kappa shape index (κ2) is 6.59. The van der Waals surface area contributed by atoms with Gasteiger partial charge in [-0.15, -0.1) is 0 Å². The fraction of sp³-hybridized carbons (Fsp3) is 0.0769. The molecule has 7 nitrogen and oxygen atoms in total. The van der Waals surface area contributed by atoms with E-state index in [1.54, 1.807) is 6.07 Å². The molecule has 0 bridgehead atoms. The van der Waals surface area contributed by atoms with E-state index in [4.69, 9.17) is 23.2 Å². The molecule has 0 aliphatic rings. The molecule has 0 fully saturated rings. The Hall–Kier alpha value is -2.38. The lowest BCUT2D eigenvalue weighted by atomic mass is 10.3. The topological polar surface area (TPSA) is 94.2 Å². The third-order valence-electron chi connectivity index (χ3n) is 2.70. The second-order valence-electron chi connectivity index (χ2n) is 4.28. The lowest BCUT2D eigenvalue weighted by molar-refractivity contribution is -0.385. The number of halogens is 2. The summed E-state index contributed by atoms with van der Waals surface area (Å²) in [5, 5.41) is 13.8. The van der Waals surface area contributed by atoms with Gasteiger partial charge in [0.1, 0.15) is 6.54 Å². The molecule has 0 unspecified atom stereocenters. The van der Waals surface area contributed by atoms with Crippen LogP contribution in [0.25, 0.3) is 0 Å². The lowest BCUT2D eigenvalue weighted by Crippen LogP contribution is -2.27. The predicted molar refractivity (Wildman–Crippen MR) is 82.4 cm³/mol. The average molecular weight is 342 g/mol. The molecule has 2 aromatic rings. The number of carbonyl (C=O) groups excluding carboxylic acids is 1. The lowest BCUT2D eigenvalue weighted by Gasteiger charge is -2.08. The van der Waals surface area contributed by atoms with Crippen molar-refractivity contribution in [2.24, 2.45) is 0 Å². The van der Waals surface area contributed by atoms with E-state index >= 15 is 0 Å². The number of nitrogens with one attached hydrogen (secondary N) is 1. The van der Waals surface area contributed by atoms with Gasteiger partial charge in [0.05, 0.1) is 21.8 Å². The van der Waals surface area contributed by atoms with Crippen molar-refractivity contribution in [3.8, 4) is 0 Å². The van der Waals surface area contributed by atoms with Gasteiger partial charge < -0.3 is 5.32 Å².